The van der Waals surface area contributed by atoms with Gasteiger partial charge >= 0.3 is 5.97 Å². The fraction of sp³-hybridized carbons (Fsp3) is 0.0833. The topological polar surface area (TPSA) is 46.5 Å². The first kappa shape index (κ1) is 14.0. The van der Waals surface area contributed by atoms with Crippen molar-refractivity contribution in [1.82, 2.24) is 0 Å². The molecule has 0 saturated heterocycles. The van der Waals surface area contributed by atoms with Crippen molar-refractivity contribution in [2.75, 3.05) is 0 Å². The fourth-order valence-corrected chi connectivity index (χ4v) is 2.76. The van der Waals surface area contributed by atoms with Crippen molar-refractivity contribution in [2.24, 2.45) is 0 Å². The van der Waals surface area contributed by atoms with E-state index in [1.165, 1.54) is 11.3 Å². The molecule has 3 nitrogen and oxygen atoms in total. The highest BCUT2D eigenvalue weighted by atomic mass is 79.9. The Kier molecular flexibility index (Phi) is 4.16. The zero-order valence-corrected chi connectivity index (χ0v) is 11.7. The van der Waals surface area contributed by atoms with Gasteiger partial charge in [-0.05, 0) is 34.1 Å². The number of ether oxygens (including phenoxy) is 1. The maximum Gasteiger partial charge on any atom is 0.335 e. The molecule has 0 fully saturated rings. The fourth-order valence-electron chi connectivity index (χ4n) is 1.39. The molecule has 1 N–H and O–H groups in total. The molecule has 0 saturated carbocycles. The summed E-state index contributed by atoms with van der Waals surface area (Å²) >= 11 is 4.63. The number of thiophene rings is 1. The molecule has 0 aliphatic carbocycles. The minimum atomic E-state index is -1.40. The summed E-state index contributed by atoms with van der Waals surface area (Å²) in [5, 5.41) is 10.5. The highest BCUT2D eigenvalue weighted by Crippen LogP contribution is 2.26. The number of carboxylic acids is 1. The van der Waals surface area contributed by atoms with Crippen LogP contribution in [0.3, 0.4) is 0 Å². The second-order valence-corrected chi connectivity index (χ2v) is 5.51. The van der Waals surface area contributed by atoms with Crippen LogP contribution in [0.15, 0.2) is 28.1 Å². The van der Waals surface area contributed by atoms with E-state index in [0.29, 0.717) is 0 Å². The summed E-state index contributed by atoms with van der Waals surface area (Å²) in [4.78, 5) is 11.4. The smallest absolute Gasteiger partial charge is 0.335 e. The molecule has 2 aromatic rings. The van der Waals surface area contributed by atoms with Gasteiger partial charge in [0.25, 0.3) is 0 Å². The molecule has 0 aliphatic heterocycles. The number of hydrogen-bond donors (Lipinski definition) is 1. The molecule has 0 amide bonds. The molecule has 100 valence electrons. The Morgan fingerprint density at radius 1 is 1.32 bits per heavy atom. The van der Waals surface area contributed by atoms with Crippen LogP contribution in [0.5, 0.6) is 5.75 Å². The van der Waals surface area contributed by atoms with Crippen molar-refractivity contribution in [1.29, 1.82) is 0 Å². The summed E-state index contributed by atoms with van der Waals surface area (Å²) in [5.41, 5.74) is -0.457. The molecule has 19 heavy (non-hydrogen) atoms. The van der Waals surface area contributed by atoms with Gasteiger partial charge in [0, 0.05) is 14.7 Å². The van der Waals surface area contributed by atoms with Crippen LogP contribution in [0, 0.1) is 11.6 Å². The lowest BCUT2D eigenvalue weighted by molar-refractivity contribution is 0.0695. The lowest BCUT2D eigenvalue weighted by atomic mass is 10.2. The molecule has 0 radical (unpaired) electrons. The molecule has 0 unspecified atom stereocenters. The SMILES string of the molecule is O=C(O)c1cc(F)c(OCc2cc(Br)cs2)c(F)c1. The number of aromatic carboxylic acids is 1. The highest BCUT2D eigenvalue weighted by molar-refractivity contribution is 9.10. The number of carboxylic acid groups (broad SMARTS) is 1. The summed E-state index contributed by atoms with van der Waals surface area (Å²) in [6.45, 7) is 0.0104. The van der Waals surface area contributed by atoms with Gasteiger partial charge in [0.1, 0.15) is 6.61 Å². The predicted octanol–water partition coefficient (Wildman–Crippen LogP) is 4.07. The maximum absolute atomic E-state index is 13.5. The van der Waals surface area contributed by atoms with E-state index in [9.17, 15) is 13.6 Å². The molecule has 0 spiro atoms. The summed E-state index contributed by atoms with van der Waals surface area (Å²) in [6, 6.07) is 3.22. The van der Waals surface area contributed by atoms with E-state index in [1.54, 1.807) is 6.07 Å². The zero-order valence-electron chi connectivity index (χ0n) is 9.32. The number of carbonyl (C=O) groups is 1. The van der Waals surface area contributed by atoms with Crippen molar-refractivity contribution in [3.8, 4) is 5.75 Å². The molecule has 0 aliphatic rings. The van der Waals surface area contributed by atoms with Gasteiger partial charge in [-0.25, -0.2) is 13.6 Å². The largest absolute Gasteiger partial charge is 0.482 e. The zero-order chi connectivity index (χ0) is 14.0. The third kappa shape index (κ3) is 3.30. The average Bonchev–Trinajstić information content (AvgIpc) is 2.73. The van der Waals surface area contributed by atoms with Gasteiger partial charge in [-0.15, -0.1) is 11.3 Å². The van der Waals surface area contributed by atoms with E-state index in [1.807, 2.05) is 5.38 Å². The van der Waals surface area contributed by atoms with Crippen LogP contribution in [-0.2, 0) is 6.61 Å². The van der Waals surface area contributed by atoms with Gasteiger partial charge in [-0.2, -0.15) is 0 Å². The monoisotopic (exact) mass is 348 g/mol. The standard InChI is InChI=1S/C12H7BrF2O3S/c13-7-3-8(19-5-7)4-18-11-9(14)1-6(12(16)17)2-10(11)15/h1-3,5H,4H2,(H,16,17). The summed E-state index contributed by atoms with van der Waals surface area (Å²) in [7, 11) is 0. The second-order valence-electron chi connectivity index (χ2n) is 3.59. The van der Waals surface area contributed by atoms with Gasteiger partial charge in [-0.1, -0.05) is 0 Å². The minimum Gasteiger partial charge on any atom is -0.482 e. The van der Waals surface area contributed by atoms with Crippen molar-refractivity contribution < 1.29 is 23.4 Å². The summed E-state index contributed by atoms with van der Waals surface area (Å²) < 4.78 is 33.0. The highest BCUT2D eigenvalue weighted by Gasteiger charge is 2.16. The molecule has 0 bridgehead atoms. The minimum absolute atomic E-state index is 0.0104. The van der Waals surface area contributed by atoms with E-state index >= 15 is 0 Å². The van der Waals surface area contributed by atoms with Crippen LogP contribution >= 0.6 is 27.3 Å². The first-order valence-electron chi connectivity index (χ1n) is 5.05. The Morgan fingerprint density at radius 2 is 1.95 bits per heavy atom. The van der Waals surface area contributed by atoms with Crippen molar-refractivity contribution >= 4 is 33.2 Å². The number of rotatable bonds is 4. The molecule has 2 rings (SSSR count). The Labute approximate surface area is 119 Å². The lowest BCUT2D eigenvalue weighted by Gasteiger charge is -2.08. The molecule has 1 aromatic heterocycles. The molecule has 7 heteroatoms. The van der Waals surface area contributed by atoms with E-state index in [4.69, 9.17) is 9.84 Å². The Bertz CT molecular complexity index is 604. The van der Waals surface area contributed by atoms with Gasteiger partial charge < -0.3 is 9.84 Å². The van der Waals surface area contributed by atoms with Crippen LogP contribution in [0.1, 0.15) is 15.2 Å². The Hall–Kier alpha value is -1.47. The van der Waals surface area contributed by atoms with Gasteiger partial charge in [0.05, 0.1) is 5.56 Å². The maximum atomic E-state index is 13.5. The van der Waals surface area contributed by atoms with Crippen LogP contribution < -0.4 is 4.74 Å². The Morgan fingerprint density at radius 3 is 2.42 bits per heavy atom. The predicted molar refractivity (Wildman–Crippen MR) is 69.7 cm³/mol. The molecule has 1 aromatic carbocycles. The Balaban J connectivity index is 2.18. The first-order valence-corrected chi connectivity index (χ1v) is 6.72. The van der Waals surface area contributed by atoms with Crippen molar-refractivity contribution in [2.45, 2.75) is 6.61 Å². The van der Waals surface area contributed by atoms with Crippen LogP contribution in [-0.4, -0.2) is 11.1 Å². The lowest BCUT2D eigenvalue weighted by Crippen LogP contribution is -2.03. The average molecular weight is 349 g/mol. The van der Waals surface area contributed by atoms with E-state index in [2.05, 4.69) is 15.9 Å². The summed E-state index contributed by atoms with van der Waals surface area (Å²) in [6.07, 6.45) is 0. The first-order chi connectivity index (χ1) is 8.97. The third-order valence-corrected chi connectivity index (χ3v) is 3.90. The van der Waals surface area contributed by atoms with Gasteiger partial charge in [0.15, 0.2) is 17.4 Å². The third-order valence-electron chi connectivity index (χ3n) is 2.23. The van der Waals surface area contributed by atoms with Crippen molar-refractivity contribution in [3.05, 3.63) is 50.1 Å². The summed E-state index contributed by atoms with van der Waals surface area (Å²) in [5.74, 6) is -4.04. The van der Waals surface area contributed by atoms with E-state index in [0.717, 1.165) is 21.5 Å². The number of halogens is 3. The van der Waals surface area contributed by atoms with E-state index in [-0.39, 0.29) is 6.61 Å². The second kappa shape index (κ2) is 5.66. The quantitative estimate of drug-likeness (QED) is 0.905. The molecular formula is C12H7BrF2O3S. The molecule has 0 atom stereocenters. The van der Waals surface area contributed by atoms with Crippen molar-refractivity contribution in [3.63, 3.8) is 0 Å². The van der Waals surface area contributed by atoms with Crippen LogP contribution in [0.25, 0.3) is 0 Å². The van der Waals surface area contributed by atoms with Gasteiger partial charge in [-0.3, -0.25) is 0 Å². The van der Waals surface area contributed by atoms with E-state index < -0.39 is 28.9 Å². The molecule has 1 heterocycles. The van der Waals surface area contributed by atoms with Crippen LogP contribution in [0.2, 0.25) is 0 Å². The van der Waals surface area contributed by atoms with Crippen LogP contribution in [0.4, 0.5) is 8.78 Å². The normalized spacial score (nSPS) is 10.5. The number of benzene rings is 1. The van der Waals surface area contributed by atoms with Gasteiger partial charge in [0.2, 0.25) is 0 Å². The number of hydrogen-bond acceptors (Lipinski definition) is 3. The molecular weight excluding hydrogens is 342 g/mol.